The lowest BCUT2D eigenvalue weighted by atomic mass is 9.67. The van der Waals surface area contributed by atoms with Crippen molar-refractivity contribution in [1.82, 2.24) is 0 Å². The third-order valence-electron chi connectivity index (χ3n) is 5.67. The molecule has 0 spiro atoms. The fraction of sp³-hybridized carbons (Fsp3) is 0.350. The maximum absolute atomic E-state index is 12.2. The van der Waals surface area contributed by atoms with E-state index >= 15 is 0 Å². The number of carbonyl (C=O) groups is 1. The van der Waals surface area contributed by atoms with Crippen molar-refractivity contribution in [2.75, 3.05) is 0 Å². The number of Topliss-reactive ketones (excluding diaryl/α,β-unsaturated/α-hetero) is 1. The SMILES string of the molecule is C[C@@H]([C@H]1CC(=O)[C@@H]1c1ccccc1)[Si](C)(C)c1ccccc1. The topological polar surface area (TPSA) is 17.1 Å². The van der Waals surface area contributed by atoms with E-state index in [4.69, 9.17) is 0 Å². The lowest BCUT2D eigenvalue weighted by Crippen LogP contribution is -2.52. The van der Waals surface area contributed by atoms with Gasteiger partial charge < -0.3 is 0 Å². The molecule has 0 saturated heterocycles. The summed E-state index contributed by atoms with van der Waals surface area (Å²) in [6.45, 7) is 7.25. The molecule has 2 aromatic carbocycles. The highest BCUT2D eigenvalue weighted by molar-refractivity contribution is 6.91. The quantitative estimate of drug-likeness (QED) is 0.767. The average Bonchev–Trinajstić information content (AvgIpc) is 2.53. The second-order valence-electron chi connectivity index (χ2n) is 7.10. The number of ketones is 1. The summed E-state index contributed by atoms with van der Waals surface area (Å²) in [6.07, 6.45) is 0.754. The van der Waals surface area contributed by atoms with E-state index in [1.807, 2.05) is 18.2 Å². The monoisotopic (exact) mass is 308 g/mol. The van der Waals surface area contributed by atoms with E-state index in [-0.39, 0.29) is 5.92 Å². The van der Waals surface area contributed by atoms with Gasteiger partial charge in [0.05, 0.1) is 8.07 Å². The second-order valence-corrected chi connectivity index (χ2v) is 12.0. The van der Waals surface area contributed by atoms with E-state index in [0.717, 1.165) is 6.42 Å². The van der Waals surface area contributed by atoms with Crippen molar-refractivity contribution in [3.8, 4) is 0 Å². The Morgan fingerprint density at radius 1 is 0.955 bits per heavy atom. The lowest BCUT2D eigenvalue weighted by molar-refractivity contribution is -0.129. The minimum absolute atomic E-state index is 0.117. The third kappa shape index (κ3) is 2.56. The normalized spacial score (nSPS) is 23.0. The van der Waals surface area contributed by atoms with Gasteiger partial charge in [0, 0.05) is 12.3 Å². The Kier molecular flexibility index (Phi) is 4.05. The summed E-state index contributed by atoms with van der Waals surface area (Å²) in [5.41, 5.74) is 1.80. The Hall–Kier alpha value is -1.67. The van der Waals surface area contributed by atoms with Crippen LogP contribution >= 0.6 is 0 Å². The number of benzene rings is 2. The molecular weight excluding hydrogens is 284 g/mol. The summed E-state index contributed by atoms with van der Waals surface area (Å²) >= 11 is 0. The Morgan fingerprint density at radius 2 is 1.50 bits per heavy atom. The van der Waals surface area contributed by atoms with Crippen molar-refractivity contribution >= 4 is 19.0 Å². The van der Waals surface area contributed by atoms with Crippen LogP contribution in [0.4, 0.5) is 0 Å². The predicted molar refractivity (Wildman–Crippen MR) is 95.3 cm³/mol. The zero-order chi connectivity index (χ0) is 15.7. The minimum atomic E-state index is -1.57. The van der Waals surface area contributed by atoms with Crippen molar-refractivity contribution in [2.24, 2.45) is 5.92 Å². The predicted octanol–water partition coefficient (Wildman–Crippen LogP) is 4.36. The zero-order valence-corrected chi connectivity index (χ0v) is 14.6. The summed E-state index contributed by atoms with van der Waals surface area (Å²) in [5, 5.41) is 1.49. The Morgan fingerprint density at radius 3 is 2.05 bits per heavy atom. The summed E-state index contributed by atoms with van der Waals surface area (Å²) in [6, 6.07) is 21.2. The van der Waals surface area contributed by atoms with Crippen LogP contribution in [-0.4, -0.2) is 13.9 Å². The molecule has 0 aromatic heterocycles. The molecule has 0 bridgehead atoms. The summed E-state index contributed by atoms with van der Waals surface area (Å²) < 4.78 is 0. The van der Waals surface area contributed by atoms with Crippen LogP contribution < -0.4 is 5.19 Å². The molecule has 2 aromatic rings. The largest absolute Gasteiger partial charge is 0.299 e. The molecule has 0 amide bonds. The molecule has 0 heterocycles. The van der Waals surface area contributed by atoms with Gasteiger partial charge in [0.25, 0.3) is 0 Å². The summed E-state index contributed by atoms with van der Waals surface area (Å²) in [5.74, 6) is 1.03. The van der Waals surface area contributed by atoms with Crippen molar-refractivity contribution < 1.29 is 4.79 Å². The van der Waals surface area contributed by atoms with Crippen LogP contribution in [0.3, 0.4) is 0 Å². The summed E-state index contributed by atoms with van der Waals surface area (Å²) in [4.78, 5) is 12.2. The van der Waals surface area contributed by atoms with Crippen LogP contribution in [0, 0.1) is 5.92 Å². The smallest absolute Gasteiger partial charge is 0.140 e. The first-order valence-corrected chi connectivity index (χ1v) is 11.2. The standard InChI is InChI=1S/C20H24OSi/c1-15(22(2,3)17-12-8-5-9-13-17)18-14-19(21)20(18)16-10-6-4-7-11-16/h4-13,15,18,20H,14H2,1-3H3/t15-,18+,20+/m0/s1. The number of rotatable bonds is 4. The molecule has 1 saturated carbocycles. The van der Waals surface area contributed by atoms with Gasteiger partial charge in [0.2, 0.25) is 0 Å². The van der Waals surface area contributed by atoms with Gasteiger partial charge in [-0.25, -0.2) is 0 Å². The van der Waals surface area contributed by atoms with Crippen LogP contribution in [0.2, 0.25) is 18.6 Å². The minimum Gasteiger partial charge on any atom is -0.299 e. The van der Waals surface area contributed by atoms with E-state index in [0.29, 0.717) is 17.2 Å². The molecule has 1 aliphatic carbocycles. The molecule has 2 heteroatoms. The van der Waals surface area contributed by atoms with E-state index in [2.05, 4.69) is 62.5 Å². The molecule has 0 radical (unpaired) electrons. The van der Waals surface area contributed by atoms with E-state index < -0.39 is 8.07 Å². The molecule has 1 nitrogen and oxygen atoms in total. The van der Waals surface area contributed by atoms with Gasteiger partial charge in [0.15, 0.2) is 0 Å². The highest BCUT2D eigenvalue weighted by Crippen LogP contribution is 2.49. The van der Waals surface area contributed by atoms with Crippen molar-refractivity contribution in [2.45, 2.75) is 37.9 Å². The van der Waals surface area contributed by atoms with Gasteiger partial charge in [-0.1, -0.05) is 85.9 Å². The van der Waals surface area contributed by atoms with Crippen LogP contribution in [0.5, 0.6) is 0 Å². The molecule has 0 aliphatic heterocycles. The third-order valence-corrected chi connectivity index (χ3v) is 10.2. The van der Waals surface area contributed by atoms with Gasteiger partial charge >= 0.3 is 0 Å². The van der Waals surface area contributed by atoms with Gasteiger partial charge in [0.1, 0.15) is 5.78 Å². The van der Waals surface area contributed by atoms with Gasteiger partial charge in [-0.15, -0.1) is 0 Å². The lowest BCUT2D eigenvalue weighted by Gasteiger charge is -2.45. The van der Waals surface area contributed by atoms with Crippen molar-refractivity contribution in [1.29, 1.82) is 0 Å². The first-order valence-electron chi connectivity index (χ1n) is 8.15. The molecular formula is C20H24OSi. The van der Waals surface area contributed by atoms with Crippen molar-refractivity contribution in [3.05, 3.63) is 66.2 Å². The van der Waals surface area contributed by atoms with Crippen LogP contribution in [0.1, 0.15) is 24.8 Å². The van der Waals surface area contributed by atoms with Crippen LogP contribution in [0.25, 0.3) is 0 Å². The van der Waals surface area contributed by atoms with E-state index in [1.54, 1.807) is 0 Å². The van der Waals surface area contributed by atoms with Crippen LogP contribution in [0.15, 0.2) is 60.7 Å². The number of carbonyl (C=O) groups excluding carboxylic acids is 1. The Bertz CT molecular complexity index is 648. The second kappa shape index (κ2) is 5.84. The van der Waals surface area contributed by atoms with Gasteiger partial charge in [-0.05, 0) is 17.0 Å². The van der Waals surface area contributed by atoms with Crippen LogP contribution in [-0.2, 0) is 4.79 Å². The van der Waals surface area contributed by atoms with Gasteiger partial charge in [-0.2, -0.15) is 0 Å². The number of hydrogen-bond acceptors (Lipinski definition) is 1. The maximum atomic E-state index is 12.2. The first-order chi connectivity index (χ1) is 10.5. The fourth-order valence-corrected chi connectivity index (χ4v) is 6.74. The van der Waals surface area contributed by atoms with E-state index in [9.17, 15) is 4.79 Å². The molecule has 0 N–H and O–H groups in total. The fourth-order valence-electron chi connectivity index (χ4n) is 3.78. The first kappa shape index (κ1) is 15.2. The Balaban J connectivity index is 1.86. The summed E-state index contributed by atoms with van der Waals surface area (Å²) in [7, 11) is -1.57. The maximum Gasteiger partial charge on any atom is 0.140 e. The highest BCUT2D eigenvalue weighted by Gasteiger charge is 2.48. The molecule has 3 atom stereocenters. The molecule has 1 aliphatic rings. The molecule has 114 valence electrons. The molecule has 1 fully saturated rings. The molecule has 3 rings (SSSR count). The number of hydrogen-bond donors (Lipinski definition) is 0. The highest BCUT2D eigenvalue weighted by atomic mass is 28.3. The van der Waals surface area contributed by atoms with E-state index in [1.165, 1.54) is 10.8 Å². The van der Waals surface area contributed by atoms with Crippen molar-refractivity contribution in [3.63, 3.8) is 0 Å². The van der Waals surface area contributed by atoms with Gasteiger partial charge in [-0.3, -0.25) is 4.79 Å². The molecule has 0 unspecified atom stereocenters. The molecule has 22 heavy (non-hydrogen) atoms. The Labute approximate surface area is 134 Å². The average molecular weight is 308 g/mol. The zero-order valence-electron chi connectivity index (χ0n) is 13.6.